The molecule has 2 aliphatic heterocycles. The Labute approximate surface area is 181 Å². The summed E-state index contributed by atoms with van der Waals surface area (Å²) in [5.74, 6) is -1.35. The number of esters is 1. The Morgan fingerprint density at radius 3 is 2.30 bits per heavy atom. The van der Waals surface area contributed by atoms with Crippen LogP contribution in [-0.2, 0) is 19.1 Å². The third kappa shape index (κ3) is 3.17. The lowest BCUT2D eigenvalue weighted by Gasteiger charge is -2.40. The highest BCUT2D eigenvalue weighted by Crippen LogP contribution is 2.49. The van der Waals surface area contributed by atoms with Gasteiger partial charge in [-0.05, 0) is 85.9 Å². The fourth-order valence-electron chi connectivity index (χ4n) is 5.32. The molecule has 2 aromatic carbocycles. The first-order chi connectivity index (χ1) is 14.4. The smallest absolute Gasteiger partial charge is 0.322 e. The summed E-state index contributed by atoms with van der Waals surface area (Å²) in [7, 11) is 0. The van der Waals surface area contributed by atoms with Gasteiger partial charge in [-0.15, -0.1) is 0 Å². The first kappa shape index (κ1) is 19.8. The van der Waals surface area contributed by atoms with Crippen LogP contribution in [0.25, 0.3) is 11.1 Å². The van der Waals surface area contributed by atoms with Gasteiger partial charge in [0.1, 0.15) is 5.92 Å². The van der Waals surface area contributed by atoms with Gasteiger partial charge in [0, 0.05) is 11.6 Å². The van der Waals surface area contributed by atoms with E-state index in [0.29, 0.717) is 17.9 Å². The van der Waals surface area contributed by atoms with E-state index in [0.717, 1.165) is 54.5 Å². The third-order valence-electron chi connectivity index (χ3n) is 7.16. The molecular weight excluding hydrogens is 400 g/mol. The highest BCUT2D eigenvalue weighted by molar-refractivity contribution is 6.30. The molecule has 0 radical (unpaired) electrons. The Bertz CT molecular complexity index is 994. The van der Waals surface area contributed by atoms with Crippen LogP contribution in [0.4, 0.5) is 0 Å². The van der Waals surface area contributed by atoms with Gasteiger partial charge in [-0.25, -0.2) is 0 Å². The van der Waals surface area contributed by atoms with E-state index in [2.05, 4.69) is 0 Å². The van der Waals surface area contributed by atoms with Gasteiger partial charge in [-0.3, -0.25) is 9.59 Å². The summed E-state index contributed by atoms with van der Waals surface area (Å²) in [4.78, 5) is 26.5. The number of benzene rings is 2. The van der Waals surface area contributed by atoms with E-state index in [9.17, 15) is 9.59 Å². The lowest BCUT2D eigenvalue weighted by atomic mass is 9.71. The van der Waals surface area contributed by atoms with Crippen molar-refractivity contribution in [3.63, 3.8) is 0 Å². The molecular formula is C25H25ClO4. The molecule has 0 N–H and O–H groups in total. The van der Waals surface area contributed by atoms with Crippen LogP contribution in [-0.4, -0.2) is 29.6 Å². The van der Waals surface area contributed by atoms with Crippen LogP contribution >= 0.6 is 11.6 Å². The highest BCUT2D eigenvalue weighted by Gasteiger charge is 2.59. The van der Waals surface area contributed by atoms with Crippen molar-refractivity contribution in [3.8, 4) is 11.1 Å². The van der Waals surface area contributed by atoms with Crippen molar-refractivity contribution in [2.24, 2.45) is 0 Å². The molecule has 1 unspecified atom stereocenters. The van der Waals surface area contributed by atoms with E-state index in [1.807, 2.05) is 49.4 Å². The average molecular weight is 425 g/mol. The molecule has 1 atom stereocenters. The lowest BCUT2D eigenvalue weighted by molar-refractivity contribution is -0.161. The zero-order chi connectivity index (χ0) is 20.9. The number of aryl methyl sites for hydroxylation is 1. The van der Waals surface area contributed by atoms with Crippen molar-refractivity contribution in [1.82, 2.24) is 0 Å². The summed E-state index contributed by atoms with van der Waals surface area (Å²) in [6, 6.07) is 13.5. The van der Waals surface area contributed by atoms with E-state index in [1.54, 1.807) is 0 Å². The molecule has 0 amide bonds. The minimum Gasteiger partial charge on any atom is -0.450 e. The molecule has 3 fully saturated rings. The SMILES string of the molecule is Cc1ccc(-c2ccc(Cl)cc2)cc1C1C(=O)OC2(CCC3(CCCO3)CC2)C1=O. The summed E-state index contributed by atoms with van der Waals surface area (Å²) in [6.45, 7) is 2.73. The van der Waals surface area contributed by atoms with Gasteiger partial charge in [0.2, 0.25) is 0 Å². The summed E-state index contributed by atoms with van der Waals surface area (Å²) in [6.07, 6.45) is 4.79. The van der Waals surface area contributed by atoms with Crippen molar-refractivity contribution in [2.75, 3.05) is 6.61 Å². The van der Waals surface area contributed by atoms with E-state index >= 15 is 0 Å². The first-order valence-corrected chi connectivity index (χ1v) is 11.1. The number of carbonyl (C=O) groups excluding carboxylic acids is 2. The van der Waals surface area contributed by atoms with Crippen LogP contribution in [0.3, 0.4) is 0 Å². The number of halogens is 1. The zero-order valence-electron chi connectivity index (χ0n) is 17.1. The van der Waals surface area contributed by atoms with Crippen LogP contribution in [0.15, 0.2) is 42.5 Å². The Kier molecular flexibility index (Phi) is 4.75. The van der Waals surface area contributed by atoms with Gasteiger partial charge in [0.05, 0.1) is 5.60 Å². The second kappa shape index (κ2) is 7.21. The molecule has 30 heavy (non-hydrogen) atoms. The van der Waals surface area contributed by atoms with E-state index in [-0.39, 0.29) is 11.4 Å². The Morgan fingerprint density at radius 2 is 1.63 bits per heavy atom. The molecule has 2 spiro atoms. The molecule has 5 heteroatoms. The molecule has 1 aliphatic carbocycles. The molecule has 1 saturated carbocycles. The molecule has 5 rings (SSSR count). The quantitative estimate of drug-likeness (QED) is 0.479. The number of hydrogen-bond acceptors (Lipinski definition) is 4. The van der Waals surface area contributed by atoms with Gasteiger partial charge in [0.15, 0.2) is 11.4 Å². The Morgan fingerprint density at radius 1 is 0.933 bits per heavy atom. The third-order valence-corrected chi connectivity index (χ3v) is 7.42. The van der Waals surface area contributed by atoms with Crippen LogP contribution in [0.5, 0.6) is 0 Å². The van der Waals surface area contributed by atoms with Gasteiger partial charge in [-0.1, -0.05) is 35.9 Å². The maximum Gasteiger partial charge on any atom is 0.322 e. The van der Waals surface area contributed by atoms with Crippen molar-refractivity contribution >= 4 is 23.4 Å². The van der Waals surface area contributed by atoms with Crippen molar-refractivity contribution in [2.45, 2.75) is 62.6 Å². The molecule has 0 bridgehead atoms. The molecule has 156 valence electrons. The summed E-state index contributed by atoms with van der Waals surface area (Å²) in [5, 5.41) is 0.670. The maximum atomic E-state index is 13.5. The minimum atomic E-state index is -0.984. The topological polar surface area (TPSA) is 52.6 Å². The zero-order valence-corrected chi connectivity index (χ0v) is 17.8. The maximum absolute atomic E-state index is 13.5. The van der Waals surface area contributed by atoms with E-state index in [4.69, 9.17) is 21.1 Å². The van der Waals surface area contributed by atoms with Crippen molar-refractivity contribution in [1.29, 1.82) is 0 Å². The highest BCUT2D eigenvalue weighted by atomic mass is 35.5. The monoisotopic (exact) mass is 424 g/mol. The van der Waals surface area contributed by atoms with E-state index in [1.165, 1.54) is 0 Å². The van der Waals surface area contributed by atoms with E-state index < -0.39 is 17.5 Å². The largest absolute Gasteiger partial charge is 0.450 e. The van der Waals surface area contributed by atoms with Crippen molar-refractivity contribution in [3.05, 3.63) is 58.6 Å². The number of rotatable bonds is 2. The van der Waals surface area contributed by atoms with Gasteiger partial charge in [-0.2, -0.15) is 0 Å². The molecule has 3 aliphatic rings. The molecule has 0 aromatic heterocycles. The number of carbonyl (C=O) groups is 2. The normalized spacial score (nSPS) is 30.9. The molecule has 2 aromatic rings. The Hall–Kier alpha value is -2.17. The first-order valence-electron chi connectivity index (χ1n) is 10.7. The standard InChI is InChI=1S/C25H25ClO4/c1-16-3-4-18(17-5-7-19(26)8-6-17)15-20(16)21-22(27)25(30-23(21)28)12-10-24(11-13-25)9-2-14-29-24/h3-8,15,21H,2,9-14H2,1H3. The van der Waals surface area contributed by atoms with Crippen LogP contribution in [0, 0.1) is 6.92 Å². The van der Waals surface area contributed by atoms with Gasteiger partial charge < -0.3 is 9.47 Å². The fourth-order valence-corrected chi connectivity index (χ4v) is 5.45. The number of Topliss-reactive ketones (excluding diaryl/α,β-unsaturated/α-hetero) is 1. The van der Waals surface area contributed by atoms with Gasteiger partial charge in [0.25, 0.3) is 0 Å². The molecule has 2 saturated heterocycles. The predicted octanol–water partition coefficient (Wildman–Crippen LogP) is 5.39. The minimum absolute atomic E-state index is 0.0864. The molecule has 2 heterocycles. The second-order valence-corrected chi connectivity index (χ2v) is 9.36. The molecule has 4 nitrogen and oxygen atoms in total. The number of ketones is 1. The summed E-state index contributed by atoms with van der Waals surface area (Å²) >= 11 is 6.01. The van der Waals surface area contributed by atoms with Crippen LogP contribution in [0.2, 0.25) is 5.02 Å². The lowest BCUT2D eigenvalue weighted by Crippen LogP contribution is -2.46. The number of hydrogen-bond donors (Lipinski definition) is 0. The number of ether oxygens (including phenoxy) is 2. The summed E-state index contributed by atoms with van der Waals surface area (Å²) < 4.78 is 11.8. The van der Waals surface area contributed by atoms with Crippen LogP contribution in [0.1, 0.15) is 55.6 Å². The summed E-state index contributed by atoms with van der Waals surface area (Å²) in [5.41, 5.74) is 2.52. The fraction of sp³-hybridized carbons (Fsp3) is 0.440. The van der Waals surface area contributed by atoms with Crippen LogP contribution < -0.4 is 0 Å². The Balaban J connectivity index is 1.44. The second-order valence-electron chi connectivity index (χ2n) is 8.93. The predicted molar refractivity (Wildman–Crippen MR) is 115 cm³/mol. The average Bonchev–Trinajstić information content (AvgIpc) is 3.29. The van der Waals surface area contributed by atoms with Crippen molar-refractivity contribution < 1.29 is 19.1 Å². The van der Waals surface area contributed by atoms with Gasteiger partial charge >= 0.3 is 5.97 Å².